The first-order valence-electron chi connectivity index (χ1n) is 4.32. The number of aliphatic carboxylic acids is 1. The zero-order chi connectivity index (χ0) is 8.55. The predicted molar refractivity (Wildman–Crippen MR) is 41.9 cm³/mol. The lowest BCUT2D eigenvalue weighted by Crippen LogP contribution is -2.55. The molecule has 12 heavy (non-hydrogen) atoms. The lowest BCUT2D eigenvalue weighted by Gasteiger charge is -2.40. The molecule has 0 aromatic rings. The minimum atomic E-state index is -0.662. The normalized spacial score (nSPS) is 31.8. The Morgan fingerprint density at radius 2 is 2.25 bits per heavy atom. The van der Waals surface area contributed by atoms with Crippen LogP contribution < -0.4 is 0 Å². The van der Waals surface area contributed by atoms with Gasteiger partial charge >= 0.3 is 5.97 Å². The fraction of sp³-hybridized carbons (Fsp3) is 0.875. The van der Waals surface area contributed by atoms with Crippen LogP contribution in [0.1, 0.15) is 6.42 Å². The molecule has 0 aromatic carbocycles. The second-order valence-corrected chi connectivity index (χ2v) is 3.51. The fourth-order valence-corrected chi connectivity index (χ4v) is 1.78. The van der Waals surface area contributed by atoms with Gasteiger partial charge in [-0.1, -0.05) is 0 Å². The molecule has 2 rings (SSSR count). The van der Waals surface area contributed by atoms with E-state index < -0.39 is 5.97 Å². The first-order chi connectivity index (χ1) is 5.77. The summed E-state index contributed by atoms with van der Waals surface area (Å²) in [6, 6.07) is 0.487. The molecule has 68 valence electrons. The minimum Gasteiger partial charge on any atom is -0.481 e. The van der Waals surface area contributed by atoms with Crippen LogP contribution in [-0.4, -0.2) is 48.3 Å². The van der Waals surface area contributed by atoms with E-state index in [1.165, 1.54) is 0 Å². The van der Waals surface area contributed by atoms with Gasteiger partial charge in [0.25, 0.3) is 0 Å². The molecule has 0 unspecified atom stereocenters. The van der Waals surface area contributed by atoms with Crippen LogP contribution in [0.15, 0.2) is 0 Å². The van der Waals surface area contributed by atoms with E-state index in [0.29, 0.717) is 19.1 Å². The summed E-state index contributed by atoms with van der Waals surface area (Å²) in [6.45, 7) is 3.04. The smallest absolute Gasteiger partial charge is 0.309 e. The summed E-state index contributed by atoms with van der Waals surface area (Å²) in [5.74, 6) is -0.796. The molecule has 0 radical (unpaired) electrons. The van der Waals surface area contributed by atoms with E-state index in [9.17, 15) is 4.79 Å². The molecular formula is C8H13NO3. The molecule has 0 bridgehead atoms. The summed E-state index contributed by atoms with van der Waals surface area (Å²) in [6.07, 6.45) is 1.06. The summed E-state index contributed by atoms with van der Waals surface area (Å²) >= 11 is 0. The quantitative estimate of drug-likeness (QED) is 0.624. The second-order valence-electron chi connectivity index (χ2n) is 3.51. The van der Waals surface area contributed by atoms with Gasteiger partial charge in [-0.15, -0.1) is 0 Å². The van der Waals surface area contributed by atoms with E-state index in [-0.39, 0.29) is 5.92 Å². The largest absolute Gasteiger partial charge is 0.481 e. The summed E-state index contributed by atoms with van der Waals surface area (Å²) in [5, 5.41) is 8.64. The number of likely N-dealkylation sites (tertiary alicyclic amines) is 1. The number of hydrogen-bond acceptors (Lipinski definition) is 3. The van der Waals surface area contributed by atoms with Crippen molar-refractivity contribution in [2.24, 2.45) is 5.92 Å². The Kier molecular flexibility index (Phi) is 2.02. The highest BCUT2D eigenvalue weighted by atomic mass is 16.5. The van der Waals surface area contributed by atoms with Crippen LogP contribution in [0.5, 0.6) is 0 Å². The van der Waals surface area contributed by atoms with Gasteiger partial charge in [0, 0.05) is 25.7 Å². The van der Waals surface area contributed by atoms with Gasteiger partial charge in [-0.25, -0.2) is 0 Å². The minimum absolute atomic E-state index is 0.134. The van der Waals surface area contributed by atoms with Crippen molar-refractivity contribution >= 4 is 5.97 Å². The van der Waals surface area contributed by atoms with Crippen molar-refractivity contribution in [2.75, 3.05) is 26.3 Å². The number of rotatable bonds is 2. The average molecular weight is 171 g/mol. The van der Waals surface area contributed by atoms with Crippen molar-refractivity contribution in [1.29, 1.82) is 0 Å². The van der Waals surface area contributed by atoms with Crippen molar-refractivity contribution in [3.8, 4) is 0 Å². The van der Waals surface area contributed by atoms with Crippen molar-refractivity contribution in [2.45, 2.75) is 12.5 Å². The standard InChI is InChI=1S/C8H13NO3/c10-8(11)6-3-9(4-6)7-1-2-12-5-7/h6-7H,1-5H2,(H,10,11)/t7-/m1/s1. The van der Waals surface area contributed by atoms with Crippen LogP contribution in [-0.2, 0) is 9.53 Å². The molecule has 1 N–H and O–H groups in total. The molecule has 0 aromatic heterocycles. The number of carbonyl (C=O) groups is 1. The third-order valence-electron chi connectivity index (χ3n) is 2.68. The van der Waals surface area contributed by atoms with E-state index in [1.54, 1.807) is 0 Å². The monoisotopic (exact) mass is 171 g/mol. The van der Waals surface area contributed by atoms with Crippen molar-refractivity contribution in [3.05, 3.63) is 0 Å². The molecule has 2 saturated heterocycles. The van der Waals surface area contributed by atoms with Crippen LogP contribution in [0.2, 0.25) is 0 Å². The summed E-state index contributed by atoms with van der Waals surface area (Å²) < 4.78 is 5.22. The summed E-state index contributed by atoms with van der Waals surface area (Å²) in [4.78, 5) is 12.7. The number of carboxylic acid groups (broad SMARTS) is 1. The number of ether oxygens (including phenoxy) is 1. The topological polar surface area (TPSA) is 49.8 Å². The molecule has 1 atom stereocenters. The fourth-order valence-electron chi connectivity index (χ4n) is 1.78. The average Bonchev–Trinajstić information content (AvgIpc) is 2.34. The molecule has 2 fully saturated rings. The highest BCUT2D eigenvalue weighted by Crippen LogP contribution is 2.23. The molecule has 2 heterocycles. The van der Waals surface area contributed by atoms with Gasteiger partial charge in [-0.3, -0.25) is 9.69 Å². The predicted octanol–water partition coefficient (Wildman–Crippen LogP) is -0.208. The van der Waals surface area contributed by atoms with E-state index in [1.807, 2.05) is 0 Å². The second kappa shape index (κ2) is 3.03. The first kappa shape index (κ1) is 8.01. The number of hydrogen-bond donors (Lipinski definition) is 1. The maximum absolute atomic E-state index is 10.5. The van der Waals surface area contributed by atoms with Crippen LogP contribution in [0.4, 0.5) is 0 Å². The Morgan fingerprint density at radius 1 is 1.50 bits per heavy atom. The highest BCUT2D eigenvalue weighted by Gasteiger charge is 2.37. The molecule has 0 saturated carbocycles. The van der Waals surface area contributed by atoms with E-state index in [2.05, 4.69) is 4.90 Å². The van der Waals surface area contributed by atoms with Crippen LogP contribution in [0.25, 0.3) is 0 Å². The number of nitrogens with zero attached hydrogens (tertiary/aromatic N) is 1. The van der Waals surface area contributed by atoms with Crippen molar-refractivity contribution < 1.29 is 14.6 Å². The van der Waals surface area contributed by atoms with Gasteiger partial charge in [-0.2, -0.15) is 0 Å². The van der Waals surface area contributed by atoms with Crippen LogP contribution in [0, 0.1) is 5.92 Å². The Bertz CT molecular complexity index is 183. The molecule has 4 heteroatoms. The van der Waals surface area contributed by atoms with Gasteiger partial charge in [0.15, 0.2) is 0 Å². The van der Waals surface area contributed by atoms with Gasteiger partial charge < -0.3 is 9.84 Å². The molecule has 2 aliphatic rings. The number of carboxylic acids is 1. The van der Waals surface area contributed by atoms with E-state index in [0.717, 1.165) is 19.6 Å². The third kappa shape index (κ3) is 1.32. The summed E-state index contributed by atoms with van der Waals surface area (Å²) in [5.41, 5.74) is 0. The van der Waals surface area contributed by atoms with Crippen LogP contribution in [0.3, 0.4) is 0 Å². The first-order valence-corrected chi connectivity index (χ1v) is 4.32. The van der Waals surface area contributed by atoms with Crippen LogP contribution >= 0.6 is 0 Å². The Labute approximate surface area is 71.1 Å². The Hall–Kier alpha value is -0.610. The maximum Gasteiger partial charge on any atom is 0.309 e. The van der Waals surface area contributed by atoms with E-state index in [4.69, 9.17) is 9.84 Å². The lowest BCUT2D eigenvalue weighted by molar-refractivity contribution is -0.148. The molecule has 0 amide bonds. The van der Waals surface area contributed by atoms with E-state index >= 15 is 0 Å². The third-order valence-corrected chi connectivity index (χ3v) is 2.68. The SMILES string of the molecule is O=C(O)C1CN([C@@H]2CCOC2)C1. The van der Waals surface area contributed by atoms with Gasteiger partial charge in [0.2, 0.25) is 0 Å². The summed E-state index contributed by atoms with van der Waals surface area (Å²) in [7, 11) is 0. The molecule has 4 nitrogen and oxygen atoms in total. The Balaban J connectivity index is 1.77. The molecule has 2 aliphatic heterocycles. The molecule has 0 aliphatic carbocycles. The molecule has 0 spiro atoms. The van der Waals surface area contributed by atoms with Gasteiger partial charge in [0.05, 0.1) is 12.5 Å². The van der Waals surface area contributed by atoms with Gasteiger partial charge in [0.1, 0.15) is 0 Å². The van der Waals surface area contributed by atoms with Crippen molar-refractivity contribution in [3.63, 3.8) is 0 Å². The lowest BCUT2D eigenvalue weighted by atomic mass is 9.97. The zero-order valence-electron chi connectivity index (χ0n) is 6.90. The zero-order valence-corrected chi connectivity index (χ0v) is 6.90. The van der Waals surface area contributed by atoms with Gasteiger partial charge in [-0.05, 0) is 6.42 Å². The van der Waals surface area contributed by atoms with Crippen molar-refractivity contribution in [1.82, 2.24) is 4.90 Å². The Morgan fingerprint density at radius 3 is 2.75 bits per heavy atom. The highest BCUT2D eigenvalue weighted by molar-refractivity contribution is 5.71. The molecular weight excluding hydrogens is 158 g/mol. The maximum atomic E-state index is 10.5.